The van der Waals surface area contributed by atoms with Crippen LogP contribution in [0.2, 0.25) is 0 Å². The van der Waals surface area contributed by atoms with Gasteiger partial charge in [-0.15, -0.1) is 0 Å². The van der Waals surface area contributed by atoms with Gasteiger partial charge < -0.3 is 14.7 Å². The molecule has 0 aliphatic carbocycles. The third-order valence-corrected chi connectivity index (χ3v) is 3.32. The highest BCUT2D eigenvalue weighted by atomic mass is 16.5. The van der Waals surface area contributed by atoms with E-state index in [1.807, 2.05) is 50.2 Å². The number of carboxylic acids is 1. The minimum Gasteiger partial charge on any atom is -0.497 e. The molecule has 20 heavy (non-hydrogen) atoms. The second-order valence-electron chi connectivity index (χ2n) is 5.12. The lowest BCUT2D eigenvalue weighted by atomic mass is 10.1. The molecule has 1 atom stereocenters. The third kappa shape index (κ3) is 5.19. The molecule has 5 nitrogen and oxygen atoms in total. The van der Waals surface area contributed by atoms with Crippen LogP contribution in [0.3, 0.4) is 0 Å². The summed E-state index contributed by atoms with van der Waals surface area (Å²) in [5, 5.41) is 9.05. The van der Waals surface area contributed by atoms with Gasteiger partial charge in [-0.3, -0.25) is 9.69 Å². The third-order valence-electron chi connectivity index (χ3n) is 3.32. The van der Waals surface area contributed by atoms with E-state index in [2.05, 4.69) is 4.90 Å². The molecule has 0 spiro atoms. The first kappa shape index (κ1) is 16.5. The van der Waals surface area contributed by atoms with E-state index < -0.39 is 5.97 Å². The SMILES string of the molecule is COc1ccc(C(C)N(CCN(C)C)CC(=O)O)cc1. The van der Waals surface area contributed by atoms with Gasteiger partial charge in [-0.2, -0.15) is 0 Å². The predicted molar refractivity (Wildman–Crippen MR) is 79.2 cm³/mol. The fourth-order valence-electron chi connectivity index (χ4n) is 2.01. The number of rotatable bonds is 8. The Hall–Kier alpha value is -1.59. The molecular weight excluding hydrogens is 256 g/mol. The summed E-state index contributed by atoms with van der Waals surface area (Å²) < 4.78 is 5.14. The van der Waals surface area contributed by atoms with Crippen LogP contribution < -0.4 is 4.74 Å². The van der Waals surface area contributed by atoms with Crippen molar-refractivity contribution in [3.05, 3.63) is 29.8 Å². The van der Waals surface area contributed by atoms with Gasteiger partial charge in [0.2, 0.25) is 0 Å². The summed E-state index contributed by atoms with van der Waals surface area (Å²) >= 11 is 0. The molecule has 112 valence electrons. The maximum Gasteiger partial charge on any atom is 0.317 e. The van der Waals surface area contributed by atoms with Crippen molar-refractivity contribution < 1.29 is 14.6 Å². The molecule has 0 aliphatic rings. The van der Waals surface area contributed by atoms with Crippen LogP contribution >= 0.6 is 0 Å². The topological polar surface area (TPSA) is 53.0 Å². The van der Waals surface area contributed by atoms with E-state index in [9.17, 15) is 4.79 Å². The molecule has 1 aromatic rings. The Kier molecular flexibility index (Phi) is 6.48. The van der Waals surface area contributed by atoms with Crippen LogP contribution in [-0.2, 0) is 4.79 Å². The standard InChI is InChI=1S/C15H24N2O3/c1-12(13-5-7-14(20-4)8-6-13)17(11-15(18)19)10-9-16(2)3/h5-8,12H,9-11H2,1-4H3,(H,18,19). The van der Waals surface area contributed by atoms with Gasteiger partial charge >= 0.3 is 5.97 Å². The summed E-state index contributed by atoms with van der Waals surface area (Å²) in [5.74, 6) is 0.00291. The molecule has 0 heterocycles. The second kappa shape index (κ2) is 7.87. The van der Waals surface area contributed by atoms with E-state index in [0.29, 0.717) is 6.54 Å². The molecule has 5 heteroatoms. The Morgan fingerprint density at radius 1 is 1.25 bits per heavy atom. The number of ether oxygens (including phenoxy) is 1. The largest absolute Gasteiger partial charge is 0.497 e. The molecule has 0 saturated carbocycles. The van der Waals surface area contributed by atoms with E-state index in [0.717, 1.165) is 17.9 Å². The number of likely N-dealkylation sites (N-methyl/N-ethyl adjacent to an activating group) is 1. The lowest BCUT2D eigenvalue weighted by Gasteiger charge is -2.29. The van der Waals surface area contributed by atoms with Crippen LogP contribution in [0, 0.1) is 0 Å². The van der Waals surface area contributed by atoms with E-state index >= 15 is 0 Å². The Morgan fingerprint density at radius 3 is 2.30 bits per heavy atom. The fourth-order valence-corrected chi connectivity index (χ4v) is 2.01. The molecule has 0 radical (unpaired) electrons. The molecule has 0 aliphatic heterocycles. The van der Waals surface area contributed by atoms with Crippen molar-refractivity contribution in [1.29, 1.82) is 0 Å². The molecular formula is C15H24N2O3. The Morgan fingerprint density at radius 2 is 1.85 bits per heavy atom. The Labute approximate surface area is 120 Å². The average Bonchev–Trinajstić information content (AvgIpc) is 2.42. The van der Waals surface area contributed by atoms with Crippen molar-refractivity contribution in [1.82, 2.24) is 9.80 Å². The number of aliphatic carboxylic acids is 1. The van der Waals surface area contributed by atoms with Gasteiger partial charge in [0, 0.05) is 19.1 Å². The van der Waals surface area contributed by atoms with E-state index in [1.165, 1.54) is 0 Å². The van der Waals surface area contributed by atoms with Gasteiger partial charge in [-0.05, 0) is 38.7 Å². The Balaban J connectivity index is 2.78. The van der Waals surface area contributed by atoms with Gasteiger partial charge in [0.1, 0.15) is 5.75 Å². The molecule has 1 aromatic carbocycles. The van der Waals surface area contributed by atoms with E-state index in [-0.39, 0.29) is 12.6 Å². The lowest BCUT2D eigenvalue weighted by Crippen LogP contribution is -2.37. The van der Waals surface area contributed by atoms with Crippen LogP contribution in [0.1, 0.15) is 18.5 Å². The summed E-state index contributed by atoms with van der Waals surface area (Å²) in [7, 11) is 5.60. The predicted octanol–water partition coefficient (Wildman–Crippen LogP) is 1.70. The molecule has 0 saturated heterocycles. The highest BCUT2D eigenvalue weighted by molar-refractivity contribution is 5.69. The number of methoxy groups -OCH3 is 1. The van der Waals surface area contributed by atoms with Gasteiger partial charge in [-0.1, -0.05) is 12.1 Å². The van der Waals surface area contributed by atoms with Crippen LogP contribution in [0.4, 0.5) is 0 Å². The maximum atomic E-state index is 11.0. The number of benzene rings is 1. The lowest BCUT2D eigenvalue weighted by molar-refractivity contribution is -0.138. The van der Waals surface area contributed by atoms with Gasteiger partial charge in [0.25, 0.3) is 0 Å². The fraction of sp³-hybridized carbons (Fsp3) is 0.533. The zero-order valence-corrected chi connectivity index (χ0v) is 12.7. The average molecular weight is 280 g/mol. The van der Waals surface area contributed by atoms with Crippen molar-refractivity contribution in [2.75, 3.05) is 40.8 Å². The maximum absolute atomic E-state index is 11.0. The first-order valence-corrected chi connectivity index (χ1v) is 6.68. The molecule has 0 aromatic heterocycles. The zero-order chi connectivity index (χ0) is 15.1. The number of nitrogens with zero attached hydrogens (tertiary/aromatic N) is 2. The van der Waals surface area contributed by atoms with E-state index in [1.54, 1.807) is 7.11 Å². The minimum atomic E-state index is -0.802. The molecule has 0 fully saturated rings. The zero-order valence-electron chi connectivity index (χ0n) is 12.7. The van der Waals surface area contributed by atoms with Crippen LogP contribution in [-0.4, -0.2) is 61.7 Å². The van der Waals surface area contributed by atoms with Crippen molar-refractivity contribution in [2.24, 2.45) is 0 Å². The normalized spacial score (nSPS) is 12.7. The van der Waals surface area contributed by atoms with Gasteiger partial charge in [0.15, 0.2) is 0 Å². The summed E-state index contributed by atoms with van der Waals surface area (Å²) in [5.41, 5.74) is 1.09. The number of carboxylic acid groups (broad SMARTS) is 1. The summed E-state index contributed by atoms with van der Waals surface area (Å²) in [6.45, 7) is 3.61. The molecule has 0 amide bonds. The summed E-state index contributed by atoms with van der Waals surface area (Å²) in [6.07, 6.45) is 0. The minimum absolute atomic E-state index is 0.0427. The Bertz CT molecular complexity index is 418. The van der Waals surface area contributed by atoms with Gasteiger partial charge in [-0.25, -0.2) is 0 Å². The number of hydrogen-bond donors (Lipinski definition) is 1. The number of carbonyl (C=O) groups is 1. The van der Waals surface area contributed by atoms with Crippen LogP contribution in [0.15, 0.2) is 24.3 Å². The second-order valence-corrected chi connectivity index (χ2v) is 5.12. The molecule has 0 bridgehead atoms. The number of hydrogen-bond acceptors (Lipinski definition) is 4. The quantitative estimate of drug-likeness (QED) is 0.785. The first-order chi connectivity index (χ1) is 9.43. The first-order valence-electron chi connectivity index (χ1n) is 6.68. The van der Waals surface area contributed by atoms with Crippen molar-refractivity contribution in [3.8, 4) is 5.75 Å². The van der Waals surface area contributed by atoms with Crippen LogP contribution in [0.5, 0.6) is 5.75 Å². The summed E-state index contributed by atoms with van der Waals surface area (Å²) in [4.78, 5) is 15.0. The van der Waals surface area contributed by atoms with Crippen molar-refractivity contribution in [3.63, 3.8) is 0 Å². The van der Waals surface area contributed by atoms with Crippen molar-refractivity contribution in [2.45, 2.75) is 13.0 Å². The summed E-state index contributed by atoms with van der Waals surface area (Å²) in [6, 6.07) is 7.81. The smallest absolute Gasteiger partial charge is 0.317 e. The molecule has 1 rings (SSSR count). The van der Waals surface area contributed by atoms with Gasteiger partial charge in [0.05, 0.1) is 13.7 Å². The van der Waals surface area contributed by atoms with E-state index in [4.69, 9.17) is 9.84 Å². The van der Waals surface area contributed by atoms with Crippen molar-refractivity contribution >= 4 is 5.97 Å². The molecule has 1 unspecified atom stereocenters. The molecule has 1 N–H and O–H groups in total. The van der Waals surface area contributed by atoms with Crippen LogP contribution in [0.25, 0.3) is 0 Å². The monoisotopic (exact) mass is 280 g/mol. The highest BCUT2D eigenvalue weighted by Crippen LogP contribution is 2.22. The highest BCUT2D eigenvalue weighted by Gasteiger charge is 2.18.